The van der Waals surface area contributed by atoms with Crippen molar-refractivity contribution in [2.45, 2.75) is 19.4 Å². The van der Waals surface area contributed by atoms with Crippen molar-refractivity contribution in [1.29, 1.82) is 0 Å². The minimum atomic E-state index is -3.33. The second-order valence-electron chi connectivity index (χ2n) is 6.33. The standard InChI is InChI=1S/C19H22N2O5S/c1-27(23,24)21-16-4-2-3-15(11-16)13-20-19(22)8-6-14-5-7-17-18(12-14)26-10-9-25-17/h2-5,7,11-12,21H,6,8-10,13H2,1H3,(H,20,22). The molecule has 0 bridgehead atoms. The van der Waals surface area contributed by atoms with Gasteiger partial charge in [0.15, 0.2) is 11.5 Å². The molecule has 0 saturated carbocycles. The summed E-state index contributed by atoms with van der Waals surface area (Å²) in [5.74, 6) is 1.37. The van der Waals surface area contributed by atoms with Crippen molar-refractivity contribution in [3.05, 3.63) is 53.6 Å². The second-order valence-corrected chi connectivity index (χ2v) is 8.08. The van der Waals surface area contributed by atoms with Crippen molar-refractivity contribution in [2.75, 3.05) is 24.2 Å². The molecule has 7 nitrogen and oxygen atoms in total. The topological polar surface area (TPSA) is 93.7 Å². The molecule has 3 rings (SSSR count). The molecule has 0 fully saturated rings. The molecule has 0 atom stereocenters. The summed E-state index contributed by atoms with van der Waals surface area (Å²) in [6.45, 7) is 1.42. The summed E-state index contributed by atoms with van der Waals surface area (Å²) in [7, 11) is -3.33. The van der Waals surface area contributed by atoms with Crippen molar-refractivity contribution in [3.8, 4) is 11.5 Å². The van der Waals surface area contributed by atoms with Gasteiger partial charge in [0.2, 0.25) is 15.9 Å². The third-order valence-corrected chi connectivity index (χ3v) is 4.57. The van der Waals surface area contributed by atoms with E-state index in [1.54, 1.807) is 18.2 Å². The molecular formula is C19H22N2O5S. The highest BCUT2D eigenvalue weighted by Gasteiger charge is 2.12. The number of carbonyl (C=O) groups is 1. The zero-order valence-corrected chi connectivity index (χ0v) is 15.8. The van der Waals surface area contributed by atoms with E-state index in [0.717, 1.165) is 23.1 Å². The zero-order valence-electron chi connectivity index (χ0n) is 15.0. The molecule has 2 N–H and O–H groups in total. The monoisotopic (exact) mass is 390 g/mol. The molecule has 144 valence electrons. The lowest BCUT2D eigenvalue weighted by Gasteiger charge is -2.18. The molecule has 0 saturated heterocycles. The first-order valence-corrected chi connectivity index (χ1v) is 10.5. The first-order chi connectivity index (χ1) is 12.9. The molecule has 0 radical (unpaired) electrons. The maximum atomic E-state index is 12.1. The van der Waals surface area contributed by atoms with Crippen molar-refractivity contribution in [3.63, 3.8) is 0 Å². The molecule has 1 aliphatic rings. The van der Waals surface area contributed by atoms with Crippen LogP contribution < -0.4 is 19.5 Å². The number of fused-ring (bicyclic) bond motifs is 1. The average molecular weight is 390 g/mol. The minimum Gasteiger partial charge on any atom is -0.486 e. The average Bonchev–Trinajstić information content (AvgIpc) is 2.63. The van der Waals surface area contributed by atoms with Crippen LogP contribution in [0.5, 0.6) is 11.5 Å². The van der Waals surface area contributed by atoms with Gasteiger partial charge in [0, 0.05) is 18.7 Å². The SMILES string of the molecule is CS(=O)(=O)Nc1cccc(CNC(=O)CCc2ccc3c(c2)OCCO3)c1. The molecule has 1 amide bonds. The smallest absolute Gasteiger partial charge is 0.229 e. The van der Waals surface area contributed by atoms with Gasteiger partial charge < -0.3 is 14.8 Å². The lowest BCUT2D eigenvalue weighted by molar-refractivity contribution is -0.121. The first-order valence-electron chi connectivity index (χ1n) is 8.61. The van der Waals surface area contributed by atoms with E-state index in [-0.39, 0.29) is 5.91 Å². The molecule has 0 spiro atoms. The number of hydrogen-bond donors (Lipinski definition) is 2. The predicted molar refractivity (Wildman–Crippen MR) is 103 cm³/mol. The normalized spacial score (nSPS) is 13.1. The number of hydrogen-bond acceptors (Lipinski definition) is 5. The number of carbonyl (C=O) groups excluding carboxylic acids is 1. The minimum absolute atomic E-state index is 0.0774. The van der Waals surface area contributed by atoms with E-state index in [4.69, 9.17) is 9.47 Å². The van der Waals surface area contributed by atoms with E-state index >= 15 is 0 Å². The van der Waals surface area contributed by atoms with Crippen LogP contribution in [-0.2, 0) is 27.8 Å². The number of amides is 1. The van der Waals surface area contributed by atoms with Crippen molar-refractivity contribution >= 4 is 21.6 Å². The largest absolute Gasteiger partial charge is 0.486 e. The van der Waals surface area contributed by atoms with Gasteiger partial charge >= 0.3 is 0 Å². The third-order valence-electron chi connectivity index (χ3n) is 3.97. The van der Waals surface area contributed by atoms with Gasteiger partial charge in [0.1, 0.15) is 13.2 Å². The Hall–Kier alpha value is -2.74. The second kappa shape index (κ2) is 8.30. The zero-order chi connectivity index (χ0) is 19.3. The molecule has 0 aromatic heterocycles. The Kier molecular flexibility index (Phi) is 5.85. The highest BCUT2D eigenvalue weighted by atomic mass is 32.2. The van der Waals surface area contributed by atoms with Gasteiger partial charge in [0.05, 0.1) is 6.26 Å². The van der Waals surface area contributed by atoms with Gasteiger partial charge in [-0.3, -0.25) is 9.52 Å². The first kappa shape index (κ1) is 19.0. The molecule has 0 unspecified atom stereocenters. The van der Waals surface area contributed by atoms with Crippen LogP contribution in [0.3, 0.4) is 0 Å². The van der Waals surface area contributed by atoms with Crippen LogP contribution in [0, 0.1) is 0 Å². The summed E-state index contributed by atoms with van der Waals surface area (Å²) in [5, 5.41) is 2.85. The maximum absolute atomic E-state index is 12.1. The summed E-state index contributed by atoms with van der Waals surface area (Å²) >= 11 is 0. The number of aryl methyl sites for hydroxylation is 1. The Bertz CT molecular complexity index is 927. The molecule has 1 aliphatic heterocycles. The number of sulfonamides is 1. The predicted octanol–water partition coefficient (Wildman–Crippen LogP) is 2.08. The fraction of sp³-hybridized carbons (Fsp3) is 0.316. The number of ether oxygens (including phenoxy) is 2. The highest BCUT2D eigenvalue weighted by Crippen LogP contribution is 2.31. The molecule has 2 aromatic rings. The van der Waals surface area contributed by atoms with E-state index in [9.17, 15) is 13.2 Å². The quantitative estimate of drug-likeness (QED) is 0.755. The van der Waals surface area contributed by atoms with Crippen LogP contribution >= 0.6 is 0 Å². The lowest BCUT2D eigenvalue weighted by atomic mass is 10.1. The van der Waals surface area contributed by atoms with Crippen LogP contribution in [0.15, 0.2) is 42.5 Å². The van der Waals surface area contributed by atoms with Gasteiger partial charge in [-0.2, -0.15) is 0 Å². The third kappa shape index (κ3) is 5.89. The van der Waals surface area contributed by atoms with Crippen LogP contribution in [0.25, 0.3) is 0 Å². The molecule has 8 heteroatoms. The summed E-state index contributed by atoms with van der Waals surface area (Å²) < 4.78 is 36.0. The summed E-state index contributed by atoms with van der Waals surface area (Å²) in [4.78, 5) is 12.1. The Morgan fingerprint density at radius 1 is 1.04 bits per heavy atom. The van der Waals surface area contributed by atoms with E-state index in [1.807, 2.05) is 24.3 Å². The van der Waals surface area contributed by atoms with Gasteiger partial charge in [-0.1, -0.05) is 18.2 Å². The number of rotatable bonds is 7. The summed E-state index contributed by atoms with van der Waals surface area (Å²) in [6.07, 6.45) is 2.04. The molecule has 0 aliphatic carbocycles. The van der Waals surface area contributed by atoms with E-state index in [2.05, 4.69) is 10.0 Å². The van der Waals surface area contributed by atoms with Crippen molar-refractivity contribution in [1.82, 2.24) is 5.32 Å². The summed E-state index contributed by atoms with van der Waals surface area (Å²) in [5.41, 5.74) is 2.30. The number of benzene rings is 2. The molecular weight excluding hydrogens is 368 g/mol. The lowest BCUT2D eigenvalue weighted by Crippen LogP contribution is -2.23. The van der Waals surface area contributed by atoms with E-state index < -0.39 is 10.0 Å². The van der Waals surface area contributed by atoms with E-state index in [1.165, 1.54) is 0 Å². The van der Waals surface area contributed by atoms with Gasteiger partial charge in [0.25, 0.3) is 0 Å². The van der Waals surface area contributed by atoms with Crippen molar-refractivity contribution < 1.29 is 22.7 Å². The van der Waals surface area contributed by atoms with E-state index in [0.29, 0.717) is 44.0 Å². The Labute approximate surface area is 158 Å². The van der Waals surface area contributed by atoms with Crippen LogP contribution in [0.4, 0.5) is 5.69 Å². The Balaban J connectivity index is 1.49. The van der Waals surface area contributed by atoms with Gasteiger partial charge in [-0.05, 0) is 41.8 Å². The van der Waals surface area contributed by atoms with Crippen LogP contribution in [0.1, 0.15) is 17.5 Å². The van der Waals surface area contributed by atoms with Gasteiger partial charge in [-0.15, -0.1) is 0 Å². The number of nitrogens with one attached hydrogen (secondary N) is 2. The fourth-order valence-corrected chi connectivity index (χ4v) is 3.30. The maximum Gasteiger partial charge on any atom is 0.229 e. The summed E-state index contributed by atoms with van der Waals surface area (Å²) in [6, 6.07) is 12.6. The molecule has 1 heterocycles. The van der Waals surface area contributed by atoms with Crippen LogP contribution in [-0.4, -0.2) is 33.8 Å². The van der Waals surface area contributed by atoms with Crippen molar-refractivity contribution in [2.24, 2.45) is 0 Å². The number of anilines is 1. The molecule has 2 aromatic carbocycles. The Morgan fingerprint density at radius 2 is 1.81 bits per heavy atom. The van der Waals surface area contributed by atoms with Gasteiger partial charge in [-0.25, -0.2) is 8.42 Å². The van der Waals surface area contributed by atoms with Crippen LogP contribution in [0.2, 0.25) is 0 Å². The molecule has 27 heavy (non-hydrogen) atoms. The fourth-order valence-electron chi connectivity index (χ4n) is 2.75. The highest BCUT2D eigenvalue weighted by molar-refractivity contribution is 7.92. The Morgan fingerprint density at radius 3 is 2.59 bits per heavy atom.